The Bertz CT molecular complexity index is 803. The summed E-state index contributed by atoms with van der Waals surface area (Å²) in [5, 5.41) is 42.7. The van der Waals surface area contributed by atoms with Crippen LogP contribution >= 0.6 is 0 Å². The molecule has 0 atom stereocenters. The van der Waals surface area contributed by atoms with Crippen molar-refractivity contribution in [2.75, 3.05) is 15.8 Å². The van der Waals surface area contributed by atoms with Gasteiger partial charge in [0.25, 0.3) is 0 Å². The second-order valence-electron chi connectivity index (χ2n) is 5.35. The van der Waals surface area contributed by atoms with Gasteiger partial charge in [-0.1, -0.05) is 30.4 Å². The lowest BCUT2D eigenvalue weighted by Crippen LogP contribution is -2.14. The molecule has 132 valence electrons. The van der Waals surface area contributed by atoms with Crippen molar-refractivity contribution in [3.05, 3.63) is 63.5 Å². The van der Waals surface area contributed by atoms with Crippen LogP contribution in [0, 0.1) is 17.3 Å². The molecule has 0 aliphatic rings. The van der Waals surface area contributed by atoms with Crippen LogP contribution < -0.4 is 15.8 Å². The number of rotatable bonds is 5. The van der Waals surface area contributed by atoms with Crippen molar-refractivity contribution >= 4 is 35.1 Å². The topological polar surface area (TPSA) is 122 Å². The highest BCUT2D eigenvalue weighted by molar-refractivity contribution is 5.92. The van der Waals surface area contributed by atoms with Gasteiger partial charge < -0.3 is 21.0 Å². The molecule has 0 bridgehead atoms. The highest BCUT2D eigenvalue weighted by Gasteiger charge is 2.09. The number of aryl methyl sites for hydroxylation is 1. The van der Waals surface area contributed by atoms with Crippen LogP contribution in [0.1, 0.15) is 23.6 Å². The Kier molecular flexibility index (Phi) is 5.73. The van der Waals surface area contributed by atoms with Gasteiger partial charge in [-0.05, 0) is 41.8 Å². The fraction of sp³-hybridized carbons (Fsp3) is 0.118. The monoisotopic (exact) mass is 343 g/mol. The van der Waals surface area contributed by atoms with Crippen LogP contribution in [0.3, 0.4) is 0 Å². The van der Waals surface area contributed by atoms with Crippen LogP contribution in [-0.2, 0) is 4.79 Å². The van der Waals surface area contributed by atoms with Crippen molar-refractivity contribution in [1.82, 2.24) is 0 Å². The number of benzene rings is 2. The largest absolute Gasteiger partial charge is 0.769 e. The Balaban J connectivity index is 2.45. The Hall–Kier alpha value is -2.91. The molecule has 0 unspecified atom stereocenters. The van der Waals surface area contributed by atoms with Gasteiger partial charge in [0.05, 0.1) is 5.69 Å². The summed E-state index contributed by atoms with van der Waals surface area (Å²) >= 11 is 0. The zero-order valence-electron chi connectivity index (χ0n) is 13.6. The molecule has 0 saturated carbocycles. The maximum absolute atomic E-state index is 11.3. The first-order valence-electron chi connectivity index (χ1n) is 7.31. The van der Waals surface area contributed by atoms with Crippen molar-refractivity contribution in [1.29, 1.82) is 0 Å². The molecule has 8 heteroatoms. The number of carbonyl (C=O) groups is 1. The first kappa shape index (κ1) is 18.4. The molecule has 0 heterocycles. The Labute approximate surface area is 144 Å². The number of hydrogen-bond donors (Lipinski definition) is 3. The van der Waals surface area contributed by atoms with E-state index in [1.54, 1.807) is 37.3 Å². The summed E-state index contributed by atoms with van der Waals surface area (Å²) in [5.74, 6) is -0.224. The molecule has 0 aromatic heterocycles. The van der Waals surface area contributed by atoms with Gasteiger partial charge in [0.1, 0.15) is 0 Å². The van der Waals surface area contributed by atoms with Gasteiger partial charge in [0.2, 0.25) is 5.91 Å². The molecule has 8 nitrogen and oxygen atoms in total. The lowest BCUT2D eigenvalue weighted by Gasteiger charge is -2.39. The van der Waals surface area contributed by atoms with E-state index in [1.165, 1.54) is 19.1 Å². The summed E-state index contributed by atoms with van der Waals surface area (Å²) in [6, 6.07) is 9.58. The first-order valence-corrected chi connectivity index (χ1v) is 7.31. The van der Waals surface area contributed by atoms with Gasteiger partial charge >= 0.3 is 0 Å². The summed E-state index contributed by atoms with van der Waals surface area (Å²) in [6.45, 7) is 2.99. The SMILES string of the molecule is CC(=O)Nc1ccccc1C=Cc1cc(C)c(N(O)O)cc1N([O-])[O-]. The Morgan fingerprint density at radius 3 is 2.32 bits per heavy atom. The van der Waals surface area contributed by atoms with Gasteiger partial charge in [0, 0.05) is 18.3 Å². The number of carbonyl (C=O) groups excluding carboxylic acids is 1. The minimum absolute atomic E-state index is 0.0810. The third-order valence-corrected chi connectivity index (χ3v) is 3.47. The van der Waals surface area contributed by atoms with Gasteiger partial charge in [0.15, 0.2) is 0 Å². The van der Waals surface area contributed by atoms with Crippen LogP contribution in [0.4, 0.5) is 17.1 Å². The number of anilines is 3. The Morgan fingerprint density at radius 2 is 1.72 bits per heavy atom. The molecular formula is C17H17N3O5-2. The molecule has 0 aliphatic heterocycles. The molecule has 25 heavy (non-hydrogen) atoms. The second-order valence-corrected chi connectivity index (χ2v) is 5.35. The third kappa shape index (κ3) is 4.55. The van der Waals surface area contributed by atoms with Crippen LogP contribution in [0.2, 0.25) is 0 Å². The number of nitrogens with one attached hydrogen (secondary N) is 1. The molecule has 2 aromatic carbocycles. The molecule has 0 fully saturated rings. The molecule has 2 aromatic rings. The van der Waals surface area contributed by atoms with Crippen LogP contribution in [0.5, 0.6) is 0 Å². The smallest absolute Gasteiger partial charge is 0.221 e. The molecule has 0 radical (unpaired) electrons. The predicted octanol–water partition coefficient (Wildman–Crippen LogP) is 3.51. The van der Waals surface area contributed by atoms with Crippen molar-refractivity contribution < 1.29 is 15.2 Å². The highest BCUT2D eigenvalue weighted by atomic mass is 16.8. The van der Waals surface area contributed by atoms with E-state index in [0.29, 0.717) is 22.4 Å². The zero-order chi connectivity index (χ0) is 18.6. The van der Waals surface area contributed by atoms with Crippen LogP contribution in [0.15, 0.2) is 36.4 Å². The van der Waals surface area contributed by atoms with E-state index in [0.717, 1.165) is 6.07 Å². The number of para-hydroxylation sites is 1. The van der Waals surface area contributed by atoms with E-state index < -0.39 is 5.23 Å². The molecule has 0 saturated heterocycles. The van der Waals surface area contributed by atoms with Crippen molar-refractivity contribution in [2.45, 2.75) is 13.8 Å². The molecule has 0 aliphatic carbocycles. The highest BCUT2D eigenvalue weighted by Crippen LogP contribution is 2.31. The lowest BCUT2D eigenvalue weighted by molar-refractivity contribution is -0.114. The van der Waals surface area contributed by atoms with Crippen LogP contribution in [-0.4, -0.2) is 16.3 Å². The molecular weight excluding hydrogens is 326 g/mol. The minimum atomic E-state index is -0.605. The van der Waals surface area contributed by atoms with Gasteiger partial charge in [-0.2, -0.15) is 0 Å². The average Bonchev–Trinajstić information content (AvgIpc) is 2.52. The molecule has 2 rings (SSSR count). The molecule has 3 N–H and O–H groups in total. The molecule has 1 amide bonds. The van der Waals surface area contributed by atoms with E-state index in [4.69, 9.17) is 10.4 Å². The maximum Gasteiger partial charge on any atom is 0.221 e. The number of nitrogens with zero attached hydrogens (tertiary/aromatic N) is 2. The fourth-order valence-corrected chi connectivity index (χ4v) is 2.34. The van der Waals surface area contributed by atoms with E-state index >= 15 is 0 Å². The van der Waals surface area contributed by atoms with Gasteiger partial charge in [-0.25, -0.2) is 0 Å². The van der Waals surface area contributed by atoms with Gasteiger partial charge in [-0.15, -0.1) is 5.23 Å². The normalized spacial score (nSPS) is 10.8. The summed E-state index contributed by atoms with van der Waals surface area (Å²) in [6.07, 6.45) is 3.18. The zero-order valence-corrected chi connectivity index (χ0v) is 13.6. The fourth-order valence-electron chi connectivity index (χ4n) is 2.34. The van der Waals surface area contributed by atoms with E-state index in [-0.39, 0.29) is 22.5 Å². The van der Waals surface area contributed by atoms with Crippen molar-refractivity contribution in [2.24, 2.45) is 0 Å². The summed E-state index contributed by atoms with van der Waals surface area (Å²) < 4.78 is 0. The number of amides is 1. The molecule has 0 spiro atoms. The summed E-state index contributed by atoms with van der Waals surface area (Å²) in [4.78, 5) is 11.3. The first-order chi connectivity index (χ1) is 11.8. The van der Waals surface area contributed by atoms with E-state index in [9.17, 15) is 15.2 Å². The predicted molar refractivity (Wildman–Crippen MR) is 96.1 cm³/mol. The summed E-state index contributed by atoms with van der Waals surface area (Å²) in [5.41, 5.74) is 1.65. The second kappa shape index (κ2) is 7.77. The van der Waals surface area contributed by atoms with E-state index in [1.807, 2.05) is 0 Å². The third-order valence-electron chi connectivity index (χ3n) is 3.47. The van der Waals surface area contributed by atoms with E-state index in [2.05, 4.69) is 5.32 Å². The van der Waals surface area contributed by atoms with Crippen molar-refractivity contribution in [3.8, 4) is 0 Å². The quantitative estimate of drug-likeness (QED) is 0.561. The van der Waals surface area contributed by atoms with Crippen LogP contribution in [0.25, 0.3) is 12.2 Å². The van der Waals surface area contributed by atoms with Crippen molar-refractivity contribution in [3.63, 3.8) is 0 Å². The minimum Gasteiger partial charge on any atom is -0.769 e. The van der Waals surface area contributed by atoms with Gasteiger partial charge in [-0.3, -0.25) is 15.2 Å². The lowest BCUT2D eigenvalue weighted by atomic mass is 10.0. The standard InChI is InChI=1S/C17H17N3O5/c1-11-9-14(17(20(24)25)10-16(11)19(22)23)8-7-13-5-3-4-6-15(13)18-12(2)21/h3-10,22-23H,1-2H3,(H,18,21)/q-2. The number of hydrogen-bond acceptors (Lipinski definition) is 7. The maximum atomic E-state index is 11.3. The summed E-state index contributed by atoms with van der Waals surface area (Å²) in [7, 11) is 0. The average molecular weight is 343 g/mol. The Morgan fingerprint density at radius 1 is 1.08 bits per heavy atom.